The van der Waals surface area contributed by atoms with Crippen molar-refractivity contribution in [2.45, 2.75) is 45.8 Å². The number of alkyl halides is 3. The van der Waals surface area contributed by atoms with E-state index in [1.165, 1.54) is 4.90 Å². The molecule has 29 heavy (non-hydrogen) atoms. The second-order valence-corrected chi connectivity index (χ2v) is 8.22. The van der Waals surface area contributed by atoms with Crippen LogP contribution < -0.4 is 10.6 Å². The van der Waals surface area contributed by atoms with Gasteiger partial charge >= 0.3 is 6.18 Å². The van der Waals surface area contributed by atoms with Crippen molar-refractivity contribution in [3.05, 3.63) is 35.4 Å². The van der Waals surface area contributed by atoms with Gasteiger partial charge in [-0.05, 0) is 49.8 Å². The number of hydrogen-bond donors (Lipinski definition) is 2. The maximum Gasteiger partial charge on any atom is 0.401 e. The van der Waals surface area contributed by atoms with Crippen molar-refractivity contribution in [1.29, 1.82) is 0 Å². The molecule has 0 aromatic heterocycles. The zero-order valence-electron chi connectivity index (χ0n) is 17.2. The number of carbonyl (C=O) groups is 2. The Labute approximate surface area is 170 Å². The van der Waals surface area contributed by atoms with E-state index in [9.17, 15) is 22.8 Å². The summed E-state index contributed by atoms with van der Waals surface area (Å²) in [6, 6.07) is 6.47. The van der Waals surface area contributed by atoms with Gasteiger partial charge in [0.05, 0.1) is 6.54 Å². The number of hydrogen-bond acceptors (Lipinski definition) is 3. The molecule has 1 aliphatic rings. The molecule has 1 aliphatic heterocycles. The van der Waals surface area contributed by atoms with Crippen LogP contribution in [0, 0.1) is 18.8 Å². The topological polar surface area (TPSA) is 61.4 Å². The summed E-state index contributed by atoms with van der Waals surface area (Å²) in [4.78, 5) is 26.6. The molecule has 0 radical (unpaired) electrons. The maximum atomic E-state index is 12.7. The van der Waals surface area contributed by atoms with Gasteiger partial charge in [0.15, 0.2) is 0 Å². The lowest BCUT2D eigenvalue weighted by Gasteiger charge is -2.22. The van der Waals surface area contributed by atoms with Crippen LogP contribution in [0.15, 0.2) is 24.3 Å². The predicted octanol–water partition coefficient (Wildman–Crippen LogP) is 3.14. The van der Waals surface area contributed by atoms with Gasteiger partial charge in [-0.25, -0.2) is 0 Å². The smallest absolute Gasteiger partial charge is 0.354 e. The molecule has 0 saturated carbocycles. The SMILES string of the molecule is Cc1ccccc1C(=O)NC(CC(C)C)C(=O)NCC1CCN(CC(F)(F)F)C1. The van der Waals surface area contributed by atoms with E-state index in [1.54, 1.807) is 12.1 Å². The van der Waals surface area contributed by atoms with Gasteiger partial charge in [-0.3, -0.25) is 14.5 Å². The van der Waals surface area contributed by atoms with Gasteiger partial charge in [-0.2, -0.15) is 13.2 Å². The normalized spacial score (nSPS) is 18.7. The summed E-state index contributed by atoms with van der Waals surface area (Å²) in [6.07, 6.45) is -3.12. The molecule has 8 heteroatoms. The van der Waals surface area contributed by atoms with Crippen LogP contribution in [0.1, 0.15) is 42.6 Å². The van der Waals surface area contributed by atoms with E-state index in [4.69, 9.17) is 0 Å². The first-order chi connectivity index (χ1) is 13.5. The highest BCUT2D eigenvalue weighted by atomic mass is 19.4. The lowest BCUT2D eigenvalue weighted by atomic mass is 10.0. The number of benzene rings is 1. The molecule has 1 aromatic rings. The number of carbonyl (C=O) groups excluding carboxylic acids is 2. The maximum absolute atomic E-state index is 12.7. The first-order valence-corrected chi connectivity index (χ1v) is 9.98. The zero-order chi connectivity index (χ0) is 21.6. The highest BCUT2D eigenvalue weighted by molar-refractivity contribution is 5.98. The van der Waals surface area contributed by atoms with Gasteiger partial charge < -0.3 is 10.6 Å². The van der Waals surface area contributed by atoms with E-state index in [0.717, 1.165) is 5.56 Å². The van der Waals surface area contributed by atoms with Gasteiger partial charge in [0.25, 0.3) is 5.91 Å². The van der Waals surface area contributed by atoms with Crippen LogP contribution >= 0.6 is 0 Å². The Morgan fingerprint density at radius 3 is 2.55 bits per heavy atom. The molecule has 162 valence electrons. The standard InChI is InChI=1S/C21H30F3N3O2/c1-14(2)10-18(26-19(28)17-7-5-4-6-15(17)3)20(29)25-11-16-8-9-27(12-16)13-21(22,23)24/h4-7,14,16,18H,8-13H2,1-3H3,(H,25,29)(H,26,28). The largest absolute Gasteiger partial charge is 0.401 e. The molecule has 2 atom stereocenters. The fourth-order valence-corrected chi connectivity index (χ4v) is 3.61. The Morgan fingerprint density at radius 2 is 1.93 bits per heavy atom. The van der Waals surface area contributed by atoms with Crippen molar-refractivity contribution in [1.82, 2.24) is 15.5 Å². The summed E-state index contributed by atoms with van der Waals surface area (Å²) in [5.41, 5.74) is 1.34. The highest BCUT2D eigenvalue weighted by Gasteiger charge is 2.34. The average molecular weight is 413 g/mol. The van der Waals surface area contributed by atoms with Crippen LogP contribution in [0.3, 0.4) is 0 Å². The van der Waals surface area contributed by atoms with Gasteiger partial charge in [-0.15, -0.1) is 0 Å². The van der Waals surface area contributed by atoms with Crippen LogP contribution in [0.25, 0.3) is 0 Å². The van der Waals surface area contributed by atoms with Crippen LogP contribution in [0.4, 0.5) is 13.2 Å². The van der Waals surface area contributed by atoms with Gasteiger partial charge in [0, 0.05) is 18.7 Å². The monoisotopic (exact) mass is 413 g/mol. The molecule has 1 fully saturated rings. The number of nitrogens with zero attached hydrogens (tertiary/aromatic N) is 1. The van der Waals surface area contributed by atoms with Crippen molar-refractivity contribution < 1.29 is 22.8 Å². The molecule has 0 aliphatic carbocycles. The van der Waals surface area contributed by atoms with E-state index in [2.05, 4.69) is 10.6 Å². The molecule has 2 N–H and O–H groups in total. The van der Waals surface area contributed by atoms with E-state index < -0.39 is 18.8 Å². The molecule has 1 aromatic carbocycles. The van der Waals surface area contributed by atoms with E-state index in [-0.39, 0.29) is 23.7 Å². The van der Waals surface area contributed by atoms with Crippen molar-refractivity contribution in [2.75, 3.05) is 26.2 Å². The summed E-state index contributed by atoms with van der Waals surface area (Å²) in [5.74, 6) is -0.430. The van der Waals surface area contributed by atoms with Crippen molar-refractivity contribution in [3.63, 3.8) is 0 Å². The number of likely N-dealkylation sites (tertiary alicyclic amines) is 1. The van der Waals surface area contributed by atoms with Crippen LogP contribution in [-0.4, -0.2) is 55.1 Å². The van der Waals surface area contributed by atoms with Crippen molar-refractivity contribution in [3.8, 4) is 0 Å². The Morgan fingerprint density at radius 1 is 1.24 bits per heavy atom. The summed E-state index contributed by atoms with van der Waals surface area (Å²) in [6.45, 7) is 5.84. The molecular formula is C21H30F3N3O2. The summed E-state index contributed by atoms with van der Waals surface area (Å²) in [5, 5.41) is 5.63. The third-order valence-corrected chi connectivity index (χ3v) is 5.06. The fraction of sp³-hybridized carbons (Fsp3) is 0.619. The third kappa shape index (κ3) is 7.68. The molecule has 5 nitrogen and oxygen atoms in total. The molecule has 1 saturated heterocycles. The Kier molecular flexibility index (Phi) is 8.07. The molecule has 2 rings (SSSR count). The second kappa shape index (κ2) is 10.1. The number of halogens is 3. The first kappa shape index (κ1) is 23.2. The van der Waals surface area contributed by atoms with Gasteiger partial charge in [-0.1, -0.05) is 32.0 Å². The fourth-order valence-electron chi connectivity index (χ4n) is 3.61. The quantitative estimate of drug-likeness (QED) is 0.688. The molecule has 1 heterocycles. The predicted molar refractivity (Wildman–Crippen MR) is 105 cm³/mol. The molecular weight excluding hydrogens is 383 g/mol. The summed E-state index contributed by atoms with van der Waals surface area (Å²) < 4.78 is 37.5. The number of amides is 2. The lowest BCUT2D eigenvalue weighted by molar-refractivity contribution is -0.143. The average Bonchev–Trinajstić information content (AvgIpc) is 3.04. The van der Waals surface area contributed by atoms with Crippen LogP contribution in [0.2, 0.25) is 0 Å². The molecule has 0 spiro atoms. The minimum absolute atomic E-state index is 0.0203. The molecule has 2 unspecified atom stereocenters. The van der Waals surface area contributed by atoms with Crippen molar-refractivity contribution >= 4 is 11.8 Å². The highest BCUT2D eigenvalue weighted by Crippen LogP contribution is 2.22. The minimum atomic E-state index is -4.21. The van der Waals surface area contributed by atoms with Crippen molar-refractivity contribution in [2.24, 2.45) is 11.8 Å². The lowest BCUT2D eigenvalue weighted by Crippen LogP contribution is -2.48. The number of rotatable bonds is 8. The minimum Gasteiger partial charge on any atom is -0.354 e. The third-order valence-electron chi connectivity index (χ3n) is 5.06. The zero-order valence-corrected chi connectivity index (χ0v) is 17.2. The first-order valence-electron chi connectivity index (χ1n) is 9.98. The summed E-state index contributed by atoms with van der Waals surface area (Å²) in [7, 11) is 0. The Balaban J connectivity index is 1.90. The van der Waals surface area contributed by atoms with E-state index in [0.29, 0.717) is 38.0 Å². The molecule has 0 bridgehead atoms. The summed E-state index contributed by atoms with van der Waals surface area (Å²) >= 11 is 0. The Bertz CT molecular complexity index is 707. The van der Waals surface area contributed by atoms with Crippen LogP contribution in [-0.2, 0) is 4.79 Å². The van der Waals surface area contributed by atoms with Crippen LogP contribution in [0.5, 0.6) is 0 Å². The van der Waals surface area contributed by atoms with E-state index in [1.807, 2.05) is 32.9 Å². The Hall–Kier alpha value is -2.09. The molecule has 2 amide bonds. The van der Waals surface area contributed by atoms with Gasteiger partial charge in [0.2, 0.25) is 5.91 Å². The van der Waals surface area contributed by atoms with Gasteiger partial charge in [0.1, 0.15) is 6.04 Å². The number of nitrogens with one attached hydrogen (secondary N) is 2. The second-order valence-electron chi connectivity index (χ2n) is 8.22. The van der Waals surface area contributed by atoms with E-state index >= 15 is 0 Å². The number of aryl methyl sites for hydroxylation is 1.